The third-order valence-electron chi connectivity index (χ3n) is 4.85. The minimum absolute atomic E-state index is 0.111. The summed E-state index contributed by atoms with van der Waals surface area (Å²) in [6.45, 7) is 2.47. The highest BCUT2D eigenvalue weighted by molar-refractivity contribution is 5.89. The number of hydrogen-bond acceptors (Lipinski definition) is 3. The second-order valence-electron chi connectivity index (χ2n) is 7.03. The van der Waals surface area contributed by atoms with Crippen LogP contribution in [0.25, 0.3) is 0 Å². The van der Waals surface area contributed by atoms with Gasteiger partial charge in [0, 0.05) is 32.7 Å². The molecule has 0 spiro atoms. The van der Waals surface area contributed by atoms with Crippen molar-refractivity contribution in [1.29, 1.82) is 0 Å². The lowest BCUT2D eigenvalue weighted by atomic mass is 10.2. The molecule has 3 amide bonds. The lowest BCUT2D eigenvalue weighted by Gasteiger charge is -2.22. The summed E-state index contributed by atoms with van der Waals surface area (Å²) in [5.41, 5.74) is 0.592. The lowest BCUT2D eigenvalue weighted by Crippen LogP contribution is -2.41. The van der Waals surface area contributed by atoms with E-state index in [0.29, 0.717) is 39.1 Å². The summed E-state index contributed by atoms with van der Waals surface area (Å²) in [6.07, 6.45) is 0.625. The predicted molar refractivity (Wildman–Crippen MR) is 106 cm³/mol. The number of amides is 3. The maximum absolute atomic E-state index is 13.8. The zero-order valence-corrected chi connectivity index (χ0v) is 16.3. The highest BCUT2D eigenvalue weighted by Gasteiger charge is 2.22. The van der Waals surface area contributed by atoms with Crippen LogP contribution in [0.2, 0.25) is 0 Å². The molecule has 1 fully saturated rings. The van der Waals surface area contributed by atoms with Gasteiger partial charge in [-0.25, -0.2) is 18.0 Å². The van der Waals surface area contributed by atoms with Crippen LogP contribution in [0.15, 0.2) is 42.5 Å². The van der Waals surface area contributed by atoms with Crippen molar-refractivity contribution in [1.82, 2.24) is 15.1 Å². The van der Waals surface area contributed by atoms with Crippen molar-refractivity contribution in [3.8, 4) is 0 Å². The average Bonchev–Trinajstić information content (AvgIpc) is 2.99. The highest BCUT2D eigenvalue weighted by Crippen LogP contribution is 2.20. The smallest absolute Gasteiger partial charge is 0.321 e. The van der Waals surface area contributed by atoms with E-state index in [-0.39, 0.29) is 12.5 Å². The molecule has 0 aromatic heterocycles. The number of rotatable bonds is 5. The summed E-state index contributed by atoms with van der Waals surface area (Å²) in [7, 11) is 0. The quantitative estimate of drug-likeness (QED) is 0.731. The average molecular weight is 420 g/mol. The maximum Gasteiger partial charge on any atom is 0.321 e. The van der Waals surface area contributed by atoms with Gasteiger partial charge in [0.25, 0.3) is 0 Å². The molecule has 0 aliphatic carbocycles. The Morgan fingerprint density at radius 1 is 0.900 bits per heavy atom. The normalized spacial score (nSPS) is 14.8. The number of nitrogens with one attached hydrogen (secondary N) is 2. The van der Waals surface area contributed by atoms with Gasteiger partial charge in [-0.05, 0) is 24.1 Å². The van der Waals surface area contributed by atoms with E-state index in [0.717, 1.165) is 17.7 Å². The number of urea groups is 1. The van der Waals surface area contributed by atoms with Crippen molar-refractivity contribution in [2.24, 2.45) is 0 Å². The minimum atomic E-state index is -1.63. The molecule has 1 heterocycles. The second-order valence-corrected chi connectivity index (χ2v) is 7.03. The van der Waals surface area contributed by atoms with Gasteiger partial charge in [0.2, 0.25) is 5.91 Å². The molecule has 0 bridgehead atoms. The monoisotopic (exact) mass is 420 g/mol. The van der Waals surface area contributed by atoms with Crippen LogP contribution in [0.1, 0.15) is 12.0 Å². The molecule has 1 aliphatic heterocycles. The Morgan fingerprint density at radius 2 is 1.67 bits per heavy atom. The maximum atomic E-state index is 13.8. The standard InChI is InChI=1S/C21H23F3N4O2/c22-16-7-8-17(20(24)19(16)23)26-21(30)28-10-4-9-27(11-12-28)14-18(29)25-13-15-5-2-1-3-6-15/h1-3,5-8H,4,9-14H2,(H,25,29)(H,26,30). The Balaban J connectivity index is 1.48. The Hall–Kier alpha value is -3.07. The van der Waals surface area contributed by atoms with Crippen LogP contribution < -0.4 is 10.6 Å². The molecular weight excluding hydrogens is 397 g/mol. The van der Waals surface area contributed by atoms with Gasteiger partial charge in [0.15, 0.2) is 17.5 Å². The van der Waals surface area contributed by atoms with Crippen LogP contribution in [-0.4, -0.2) is 54.5 Å². The van der Waals surface area contributed by atoms with E-state index < -0.39 is 29.2 Å². The molecule has 0 atom stereocenters. The van der Waals surface area contributed by atoms with E-state index >= 15 is 0 Å². The number of nitrogens with zero attached hydrogens (tertiary/aromatic N) is 2. The number of benzene rings is 2. The van der Waals surface area contributed by atoms with Crippen LogP contribution >= 0.6 is 0 Å². The first-order valence-corrected chi connectivity index (χ1v) is 9.66. The molecule has 2 N–H and O–H groups in total. The SMILES string of the molecule is O=C(CN1CCCN(C(=O)Nc2ccc(F)c(F)c2F)CC1)NCc1ccccc1. The van der Waals surface area contributed by atoms with Gasteiger partial charge in [-0.3, -0.25) is 9.69 Å². The van der Waals surface area contributed by atoms with Gasteiger partial charge in [0.05, 0.1) is 12.2 Å². The van der Waals surface area contributed by atoms with E-state index in [2.05, 4.69) is 10.6 Å². The number of carbonyl (C=O) groups excluding carboxylic acids is 2. The zero-order valence-electron chi connectivity index (χ0n) is 16.3. The molecule has 0 unspecified atom stereocenters. The Labute approximate surface area is 172 Å². The molecular formula is C21H23F3N4O2. The van der Waals surface area contributed by atoms with Gasteiger partial charge in [-0.2, -0.15) is 0 Å². The van der Waals surface area contributed by atoms with Crippen molar-refractivity contribution in [2.75, 3.05) is 38.0 Å². The first kappa shape index (κ1) is 21.6. The number of anilines is 1. The molecule has 3 rings (SSSR count). The van der Waals surface area contributed by atoms with Gasteiger partial charge in [0.1, 0.15) is 0 Å². The Kier molecular flexibility index (Phi) is 7.29. The van der Waals surface area contributed by atoms with Crippen molar-refractivity contribution >= 4 is 17.6 Å². The van der Waals surface area contributed by atoms with Gasteiger partial charge in [-0.1, -0.05) is 30.3 Å². The molecule has 0 radical (unpaired) electrons. The zero-order chi connectivity index (χ0) is 21.5. The topological polar surface area (TPSA) is 64.7 Å². The first-order valence-electron chi connectivity index (χ1n) is 9.66. The van der Waals surface area contributed by atoms with Gasteiger partial charge < -0.3 is 15.5 Å². The van der Waals surface area contributed by atoms with Crippen LogP contribution in [0.3, 0.4) is 0 Å². The molecule has 6 nitrogen and oxygen atoms in total. The molecule has 1 aliphatic rings. The van der Waals surface area contributed by atoms with Crippen LogP contribution in [0.5, 0.6) is 0 Å². The van der Waals surface area contributed by atoms with E-state index in [9.17, 15) is 22.8 Å². The predicted octanol–water partition coefficient (Wildman–Crippen LogP) is 2.96. The van der Waals surface area contributed by atoms with E-state index in [4.69, 9.17) is 0 Å². The van der Waals surface area contributed by atoms with E-state index in [1.807, 2.05) is 35.2 Å². The molecule has 1 saturated heterocycles. The third kappa shape index (κ3) is 5.73. The summed E-state index contributed by atoms with van der Waals surface area (Å²) in [5.74, 6) is -4.49. The van der Waals surface area contributed by atoms with E-state index in [1.54, 1.807) is 0 Å². The van der Waals surface area contributed by atoms with Crippen molar-refractivity contribution in [2.45, 2.75) is 13.0 Å². The summed E-state index contributed by atoms with van der Waals surface area (Å²) in [5, 5.41) is 5.15. The molecule has 160 valence electrons. The summed E-state index contributed by atoms with van der Waals surface area (Å²) in [6, 6.07) is 10.7. The van der Waals surface area contributed by atoms with Crippen LogP contribution in [0, 0.1) is 17.5 Å². The fraction of sp³-hybridized carbons (Fsp3) is 0.333. The van der Waals surface area contributed by atoms with E-state index in [1.165, 1.54) is 4.90 Å². The molecule has 9 heteroatoms. The van der Waals surface area contributed by atoms with Crippen molar-refractivity contribution in [3.05, 3.63) is 65.5 Å². The van der Waals surface area contributed by atoms with Crippen LogP contribution in [-0.2, 0) is 11.3 Å². The Morgan fingerprint density at radius 3 is 2.43 bits per heavy atom. The van der Waals surface area contributed by atoms with Gasteiger partial charge in [-0.15, -0.1) is 0 Å². The fourth-order valence-electron chi connectivity index (χ4n) is 3.20. The third-order valence-corrected chi connectivity index (χ3v) is 4.85. The number of hydrogen-bond donors (Lipinski definition) is 2. The van der Waals surface area contributed by atoms with Gasteiger partial charge >= 0.3 is 6.03 Å². The first-order chi connectivity index (χ1) is 14.4. The largest absolute Gasteiger partial charge is 0.351 e. The summed E-state index contributed by atoms with van der Waals surface area (Å²) in [4.78, 5) is 28.0. The minimum Gasteiger partial charge on any atom is -0.351 e. The molecule has 2 aromatic rings. The number of carbonyl (C=O) groups is 2. The van der Waals surface area contributed by atoms with Crippen molar-refractivity contribution in [3.63, 3.8) is 0 Å². The molecule has 0 saturated carbocycles. The second kappa shape index (κ2) is 10.1. The fourth-order valence-corrected chi connectivity index (χ4v) is 3.20. The Bertz CT molecular complexity index is 895. The van der Waals surface area contributed by atoms with Crippen LogP contribution in [0.4, 0.5) is 23.7 Å². The molecule has 2 aromatic carbocycles. The van der Waals surface area contributed by atoms with Crippen molar-refractivity contribution < 1.29 is 22.8 Å². The highest BCUT2D eigenvalue weighted by atomic mass is 19.2. The summed E-state index contributed by atoms with van der Waals surface area (Å²) >= 11 is 0. The lowest BCUT2D eigenvalue weighted by molar-refractivity contribution is -0.122. The molecule has 30 heavy (non-hydrogen) atoms. The number of halogens is 3. The summed E-state index contributed by atoms with van der Waals surface area (Å²) < 4.78 is 40.1.